The topological polar surface area (TPSA) is 52.6 Å². The zero-order chi connectivity index (χ0) is 13.0. The maximum atomic E-state index is 11.5. The molecule has 0 bridgehead atoms. The Morgan fingerprint density at radius 3 is 2.78 bits per heavy atom. The molecule has 0 unspecified atom stereocenters. The van der Waals surface area contributed by atoms with Crippen molar-refractivity contribution in [1.82, 2.24) is 5.32 Å². The molecule has 18 heavy (non-hydrogen) atoms. The minimum atomic E-state index is -0.833. The number of carboxylic acid groups (broad SMARTS) is 1. The van der Waals surface area contributed by atoms with Gasteiger partial charge in [-0.25, -0.2) is 4.79 Å². The molecule has 2 rings (SSSR count). The van der Waals surface area contributed by atoms with Gasteiger partial charge < -0.3 is 15.3 Å². The van der Waals surface area contributed by atoms with E-state index < -0.39 is 5.97 Å². The van der Waals surface area contributed by atoms with Gasteiger partial charge in [-0.1, -0.05) is 13.0 Å². The molecule has 5 heteroatoms. The molecule has 1 aliphatic rings. The first-order valence-electron chi connectivity index (χ1n) is 6.18. The predicted molar refractivity (Wildman–Crippen MR) is 74.9 cm³/mol. The first kappa shape index (κ1) is 13.2. The van der Waals surface area contributed by atoms with Gasteiger partial charge in [-0.05, 0) is 17.9 Å². The molecule has 0 atom stereocenters. The van der Waals surface area contributed by atoms with Gasteiger partial charge in [-0.15, -0.1) is 11.8 Å². The number of benzene rings is 1. The molecule has 1 aliphatic heterocycles. The van der Waals surface area contributed by atoms with Gasteiger partial charge in [0.25, 0.3) is 0 Å². The lowest BCUT2D eigenvalue weighted by Gasteiger charge is -2.31. The van der Waals surface area contributed by atoms with Gasteiger partial charge in [0.1, 0.15) is 0 Å². The van der Waals surface area contributed by atoms with Gasteiger partial charge in [-0.3, -0.25) is 0 Å². The molecule has 98 valence electrons. The standard InChI is InChI=1S/C13H18N2O2S/c1-2-18-11-5-3-4-10(12(11)13(16)17)15-8-6-14-7-9-15/h3-5,14H,2,6-9H2,1H3,(H,16,17). The van der Waals surface area contributed by atoms with E-state index in [1.807, 2.05) is 25.1 Å². The summed E-state index contributed by atoms with van der Waals surface area (Å²) in [6.45, 7) is 5.57. The molecular formula is C13H18N2O2S. The quantitative estimate of drug-likeness (QED) is 0.815. The summed E-state index contributed by atoms with van der Waals surface area (Å²) in [7, 11) is 0. The molecule has 0 aromatic heterocycles. The van der Waals surface area contributed by atoms with Crippen LogP contribution in [0.15, 0.2) is 23.1 Å². The van der Waals surface area contributed by atoms with Gasteiger partial charge >= 0.3 is 5.97 Å². The molecular weight excluding hydrogens is 248 g/mol. The van der Waals surface area contributed by atoms with Crippen molar-refractivity contribution < 1.29 is 9.90 Å². The van der Waals surface area contributed by atoms with Gasteiger partial charge in [0.05, 0.1) is 11.3 Å². The van der Waals surface area contributed by atoms with E-state index in [-0.39, 0.29) is 0 Å². The van der Waals surface area contributed by atoms with E-state index in [4.69, 9.17) is 0 Å². The highest BCUT2D eigenvalue weighted by Crippen LogP contribution is 2.31. The fourth-order valence-corrected chi connectivity index (χ4v) is 3.00. The number of hydrogen-bond donors (Lipinski definition) is 2. The minimum absolute atomic E-state index is 0.450. The van der Waals surface area contributed by atoms with Gasteiger partial charge in [0.2, 0.25) is 0 Å². The van der Waals surface area contributed by atoms with Crippen LogP contribution in [0.25, 0.3) is 0 Å². The van der Waals surface area contributed by atoms with Crippen LogP contribution in [0.2, 0.25) is 0 Å². The molecule has 1 saturated heterocycles. The Balaban J connectivity index is 2.38. The number of nitrogens with zero attached hydrogens (tertiary/aromatic N) is 1. The van der Waals surface area contributed by atoms with Crippen LogP contribution in [-0.2, 0) is 0 Å². The highest BCUT2D eigenvalue weighted by molar-refractivity contribution is 7.99. The fourth-order valence-electron chi connectivity index (χ4n) is 2.18. The van der Waals surface area contributed by atoms with Gasteiger partial charge in [0, 0.05) is 31.1 Å². The highest BCUT2D eigenvalue weighted by atomic mass is 32.2. The molecule has 4 nitrogen and oxygen atoms in total. The number of piperazine rings is 1. The van der Waals surface area contributed by atoms with Gasteiger partial charge in [-0.2, -0.15) is 0 Å². The first-order chi connectivity index (χ1) is 8.74. The highest BCUT2D eigenvalue weighted by Gasteiger charge is 2.20. The summed E-state index contributed by atoms with van der Waals surface area (Å²) in [4.78, 5) is 14.5. The van der Waals surface area contributed by atoms with Crippen LogP contribution in [0, 0.1) is 0 Å². The summed E-state index contributed by atoms with van der Waals surface area (Å²) >= 11 is 1.59. The second-order valence-electron chi connectivity index (χ2n) is 4.13. The predicted octanol–water partition coefficient (Wildman–Crippen LogP) is 1.91. The number of carbonyl (C=O) groups is 1. The normalized spacial score (nSPS) is 15.7. The zero-order valence-electron chi connectivity index (χ0n) is 10.5. The van der Waals surface area contributed by atoms with Crippen LogP contribution >= 0.6 is 11.8 Å². The van der Waals surface area contributed by atoms with E-state index >= 15 is 0 Å². The third kappa shape index (κ3) is 2.79. The molecule has 0 amide bonds. The Bertz CT molecular complexity index is 431. The van der Waals surface area contributed by atoms with Crippen LogP contribution in [-0.4, -0.2) is 43.0 Å². The average Bonchev–Trinajstić information content (AvgIpc) is 2.39. The molecule has 1 heterocycles. The van der Waals surface area contributed by atoms with Crippen molar-refractivity contribution in [1.29, 1.82) is 0 Å². The van der Waals surface area contributed by atoms with Crippen molar-refractivity contribution >= 4 is 23.4 Å². The second kappa shape index (κ2) is 6.11. The van der Waals surface area contributed by atoms with Crippen LogP contribution in [0.1, 0.15) is 17.3 Å². The molecule has 1 aromatic carbocycles. The summed E-state index contributed by atoms with van der Waals surface area (Å²) in [6.07, 6.45) is 0. The van der Waals surface area contributed by atoms with E-state index in [0.717, 1.165) is 42.5 Å². The smallest absolute Gasteiger partial charge is 0.338 e. The van der Waals surface area contributed by atoms with Crippen molar-refractivity contribution in [3.8, 4) is 0 Å². The van der Waals surface area contributed by atoms with Crippen LogP contribution < -0.4 is 10.2 Å². The lowest BCUT2D eigenvalue weighted by atomic mass is 10.1. The van der Waals surface area contributed by atoms with E-state index in [2.05, 4.69) is 10.2 Å². The number of anilines is 1. The Morgan fingerprint density at radius 2 is 2.17 bits per heavy atom. The maximum absolute atomic E-state index is 11.5. The van der Waals surface area contributed by atoms with Crippen LogP contribution in [0.4, 0.5) is 5.69 Å². The number of hydrogen-bond acceptors (Lipinski definition) is 4. The van der Waals surface area contributed by atoms with Crippen LogP contribution in [0.5, 0.6) is 0 Å². The second-order valence-corrected chi connectivity index (χ2v) is 5.43. The zero-order valence-corrected chi connectivity index (χ0v) is 11.3. The molecule has 1 fully saturated rings. The SMILES string of the molecule is CCSc1cccc(N2CCNCC2)c1C(=O)O. The summed E-state index contributed by atoms with van der Waals surface area (Å²) < 4.78 is 0. The van der Waals surface area contributed by atoms with Crippen molar-refractivity contribution in [2.45, 2.75) is 11.8 Å². The first-order valence-corrected chi connectivity index (χ1v) is 7.17. The van der Waals surface area contributed by atoms with Gasteiger partial charge in [0.15, 0.2) is 0 Å². The van der Waals surface area contributed by atoms with E-state index in [9.17, 15) is 9.90 Å². The van der Waals surface area contributed by atoms with Crippen LogP contribution in [0.3, 0.4) is 0 Å². The molecule has 0 spiro atoms. The van der Waals surface area contributed by atoms with E-state index in [0.29, 0.717) is 5.56 Å². The molecule has 2 N–H and O–H groups in total. The molecule has 0 aliphatic carbocycles. The fraction of sp³-hybridized carbons (Fsp3) is 0.462. The summed E-state index contributed by atoms with van der Waals surface area (Å²) in [5.41, 5.74) is 1.30. The number of aromatic carboxylic acids is 1. The molecule has 0 saturated carbocycles. The Kier molecular flexibility index (Phi) is 4.49. The Morgan fingerprint density at radius 1 is 1.44 bits per heavy atom. The van der Waals surface area contributed by atoms with E-state index in [1.165, 1.54) is 0 Å². The van der Waals surface area contributed by atoms with Crippen molar-refractivity contribution in [2.24, 2.45) is 0 Å². The third-order valence-corrected chi connectivity index (χ3v) is 3.92. The third-order valence-electron chi connectivity index (χ3n) is 2.98. The number of rotatable bonds is 4. The van der Waals surface area contributed by atoms with Crippen molar-refractivity contribution in [3.63, 3.8) is 0 Å². The Hall–Kier alpha value is -1.20. The monoisotopic (exact) mass is 266 g/mol. The maximum Gasteiger partial charge on any atom is 0.338 e. The Labute approximate surface area is 111 Å². The average molecular weight is 266 g/mol. The van der Waals surface area contributed by atoms with Crippen molar-refractivity contribution in [3.05, 3.63) is 23.8 Å². The number of thioether (sulfide) groups is 1. The molecule has 1 aromatic rings. The summed E-state index contributed by atoms with van der Waals surface area (Å²) in [5.74, 6) is 0.0470. The molecule has 0 radical (unpaired) electrons. The minimum Gasteiger partial charge on any atom is -0.478 e. The lowest BCUT2D eigenvalue weighted by Crippen LogP contribution is -2.44. The number of carboxylic acids is 1. The summed E-state index contributed by atoms with van der Waals surface area (Å²) in [6, 6.07) is 5.75. The van der Waals surface area contributed by atoms with E-state index in [1.54, 1.807) is 11.8 Å². The number of nitrogens with one attached hydrogen (secondary N) is 1. The summed E-state index contributed by atoms with van der Waals surface area (Å²) in [5, 5.41) is 12.7. The lowest BCUT2D eigenvalue weighted by molar-refractivity contribution is 0.0694. The largest absolute Gasteiger partial charge is 0.478 e. The van der Waals surface area contributed by atoms with Crippen molar-refractivity contribution in [2.75, 3.05) is 36.8 Å².